The molecular formula is C21H21NO4S. The van der Waals surface area contributed by atoms with Crippen LogP contribution in [0.3, 0.4) is 0 Å². The number of hydrogen-bond donors (Lipinski definition) is 1. The molecule has 5 nitrogen and oxygen atoms in total. The number of thiophene rings is 1. The number of ether oxygens (including phenoxy) is 1. The number of oxime groups is 1. The van der Waals surface area contributed by atoms with E-state index in [2.05, 4.69) is 11.2 Å². The fraction of sp³-hybridized carbons (Fsp3) is 0.238. The van der Waals surface area contributed by atoms with Gasteiger partial charge in [-0.25, -0.2) is 4.79 Å². The number of carboxylic acid groups (broad SMARTS) is 1. The van der Waals surface area contributed by atoms with E-state index in [-0.39, 0.29) is 11.7 Å². The van der Waals surface area contributed by atoms with Crippen LogP contribution in [0.25, 0.3) is 15.7 Å². The number of methoxy groups -OCH3 is 1. The molecule has 6 heteroatoms. The minimum atomic E-state index is -0.991. The molecule has 1 unspecified atom stereocenters. The molecule has 1 aliphatic heterocycles. The summed E-state index contributed by atoms with van der Waals surface area (Å²) in [5.74, 6) is -0.991. The molecule has 0 bridgehead atoms. The molecule has 0 radical (unpaired) electrons. The van der Waals surface area contributed by atoms with Gasteiger partial charge in [-0.1, -0.05) is 29.4 Å². The van der Waals surface area contributed by atoms with Crippen molar-refractivity contribution in [3.63, 3.8) is 0 Å². The highest BCUT2D eigenvalue weighted by molar-refractivity contribution is 7.20. The van der Waals surface area contributed by atoms with Gasteiger partial charge in [-0.15, -0.1) is 11.3 Å². The highest BCUT2D eigenvalue weighted by Gasteiger charge is 2.20. The summed E-state index contributed by atoms with van der Waals surface area (Å²) in [6.07, 6.45) is 10.2. The molecule has 0 amide bonds. The van der Waals surface area contributed by atoms with Gasteiger partial charge in [0.1, 0.15) is 5.57 Å². The normalized spacial score (nSPS) is 17.2. The van der Waals surface area contributed by atoms with Crippen molar-refractivity contribution in [1.29, 1.82) is 0 Å². The molecule has 0 saturated carbocycles. The number of nitrogens with zero attached hydrogens (tertiary/aromatic N) is 1. The standard InChI is InChI=1S/C21H21NO4S/c1-14(18-10-6-12-22-26-18)7-5-9-16-15-8-3-4-11-19(15)27-20(16)17(13-25-2)21(23)24/h3-4,6-8,10-13,18H,5,9H2,1-2H3,(H,23,24). The Morgan fingerprint density at radius 1 is 1.41 bits per heavy atom. The smallest absolute Gasteiger partial charge is 0.340 e. The number of benzene rings is 1. The van der Waals surface area contributed by atoms with Gasteiger partial charge in [0.15, 0.2) is 6.10 Å². The van der Waals surface area contributed by atoms with Gasteiger partial charge in [0.25, 0.3) is 0 Å². The van der Waals surface area contributed by atoms with E-state index in [0.29, 0.717) is 0 Å². The van der Waals surface area contributed by atoms with E-state index < -0.39 is 5.97 Å². The number of carbonyl (C=O) groups is 1. The SMILES string of the molecule is COC=C(C(=O)O)c1sc2ccccc2c1CCC=C(C)C1C=CC=NO1. The van der Waals surface area contributed by atoms with E-state index in [1.54, 1.807) is 6.21 Å². The van der Waals surface area contributed by atoms with Crippen LogP contribution >= 0.6 is 11.3 Å². The zero-order chi connectivity index (χ0) is 19.2. The first-order valence-corrected chi connectivity index (χ1v) is 9.43. The zero-order valence-electron chi connectivity index (χ0n) is 15.2. The Hall–Kier alpha value is -2.86. The average Bonchev–Trinajstić information content (AvgIpc) is 3.04. The minimum Gasteiger partial charge on any atom is -0.503 e. The van der Waals surface area contributed by atoms with Crippen molar-refractivity contribution in [1.82, 2.24) is 0 Å². The summed E-state index contributed by atoms with van der Waals surface area (Å²) in [6, 6.07) is 7.99. The fourth-order valence-corrected chi connectivity index (χ4v) is 4.25. The monoisotopic (exact) mass is 383 g/mol. The lowest BCUT2D eigenvalue weighted by molar-refractivity contribution is -0.130. The Bertz CT molecular complexity index is 952. The minimum absolute atomic E-state index is 0.142. The number of carboxylic acids is 1. The van der Waals surface area contributed by atoms with Crippen molar-refractivity contribution >= 4 is 39.2 Å². The van der Waals surface area contributed by atoms with Crippen LogP contribution < -0.4 is 0 Å². The van der Waals surface area contributed by atoms with Crippen molar-refractivity contribution in [2.45, 2.75) is 25.9 Å². The second-order valence-electron chi connectivity index (χ2n) is 6.13. The Balaban J connectivity index is 1.89. The molecule has 1 atom stereocenters. The van der Waals surface area contributed by atoms with E-state index in [1.165, 1.54) is 24.7 Å². The molecular weight excluding hydrogens is 362 g/mol. The first kappa shape index (κ1) is 18.9. The maximum Gasteiger partial charge on any atom is 0.340 e. The maximum atomic E-state index is 11.7. The van der Waals surface area contributed by atoms with Crippen molar-refractivity contribution in [3.8, 4) is 0 Å². The third-order valence-corrected chi connectivity index (χ3v) is 5.57. The molecule has 0 aliphatic carbocycles. The molecule has 0 fully saturated rings. The van der Waals surface area contributed by atoms with Crippen LogP contribution in [0.1, 0.15) is 23.8 Å². The molecule has 1 N–H and O–H groups in total. The molecule has 1 aliphatic rings. The van der Waals surface area contributed by atoms with Crippen molar-refractivity contribution in [2.75, 3.05) is 7.11 Å². The number of fused-ring (bicyclic) bond motifs is 1. The Morgan fingerprint density at radius 3 is 2.93 bits per heavy atom. The topological polar surface area (TPSA) is 68.1 Å². The van der Waals surface area contributed by atoms with Gasteiger partial charge < -0.3 is 14.7 Å². The fourth-order valence-electron chi connectivity index (χ4n) is 3.00. The number of allylic oxidation sites excluding steroid dienone is 2. The van der Waals surface area contributed by atoms with Crippen molar-refractivity contribution in [2.24, 2.45) is 5.16 Å². The van der Waals surface area contributed by atoms with Gasteiger partial charge in [-0.3, -0.25) is 0 Å². The largest absolute Gasteiger partial charge is 0.503 e. The summed E-state index contributed by atoms with van der Waals surface area (Å²) in [5, 5.41) is 14.5. The summed E-state index contributed by atoms with van der Waals surface area (Å²) in [5.41, 5.74) is 2.29. The average molecular weight is 383 g/mol. The summed E-state index contributed by atoms with van der Waals surface area (Å²) >= 11 is 1.48. The lowest BCUT2D eigenvalue weighted by Crippen LogP contribution is -2.10. The summed E-state index contributed by atoms with van der Waals surface area (Å²) in [7, 11) is 1.46. The lowest BCUT2D eigenvalue weighted by Gasteiger charge is -2.13. The Kier molecular flexibility index (Phi) is 6.08. The predicted octanol–water partition coefficient (Wildman–Crippen LogP) is 4.79. The highest BCUT2D eigenvalue weighted by atomic mass is 32.1. The molecule has 140 valence electrons. The van der Waals surface area contributed by atoms with Gasteiger partial charge in [-0.2, -0.15) is 0 Å². The van der Waals surface area contributed by atoms with E-state index >= 15 is 0 Å². The highest BCUT2D eigenvalue weighted by Crippen LogP contribution is 2.37. The van der Waals surface area contributed by atoms with Gasteiger partial charge >= 0.3 is 5.97 Å². The van der Waals surface area contributed by atoms with Gasteiger partial charge in [0.05, 0.1) is 19.6 Å². The third-order valence-electron chi connectivity index (χ3n) is 4.33. The van der Waals surface area contributed by atoms with Gasteiger partial charge in [0, 0.05) is 9.58 Å². The first-order valence-electron chi connectivity index (χ1n) is 8.61. The second-order valence-corrected chi connectivity index (χ2v) is 7.18. The second kappa shape index (κ2) is 8.68. The molecule has 2 aromatic rings. The van der Waals surface area contributed by atoms with E-state index in [0.717, 1.165) is 38.9 Å². The summed E-state index contributed by atoms with van der Waals surface area (Å²) < 4.78 is 6.08. The Labute approximate surface area is 161 Å². The molecule has 1 aromatic heterocycles. The molecule has 0 saturated heterocycles. The molecule has 1 aromatic carbocycles. The van der Waals surface area contributed by atoms with E-state index in [9.17, 15) is 9.90 Å². The van der Waals surface area contributed by atoms with Crippen LogP contribution in [-0.4, -0.2) is 30.5 Å². The van der Waals surface area contributed by atoms with Crippen LogP contribution in [0.5, 0.6) is 0 Å². The maximum absolute atomic E-state index is 11.7. The lowest BCUT2D eigenvalue weighted by atomic mass is 10.0. The molecule has 3 rings (SSSR count). The van der Waals surface area contributed by atoms with E-state index in [1.807, 2.05) is 43.3 Å². The van der Waals surface area contributed by atoms with Crippen LogP contribution in [0.15, 0.2) is 59.5 Å². The van der Waals surface area contributed by atoms with Crippen LogP contribution in [0.4, 0.5) is 0 Å². The van der Waals surface area contributed by atoms with Crippen LogP contribution in [0, 0.1) is 0 Å². The van der Waals surface area contributed by atoms with Gasteiger partial charge in [-0.05, 0) is 54.5 Å². The summed E-state index contributed by atoms with van der Waals surface area (Å²) in [6.45, 7) is 2.01. The predicted molar refractivity (Wildman–Crippen MR) is 109 cm³/mol. The molecule has 0 spiro atoms. The van der Waals surface area contributed by atoms with Crippen LogP contribution in [0.2, 0.25) is 0 Å². The van der Waals surface area contributed by atoms with E-state index in [4.69, 9.17) is 9.57 Å². The Morgan fingerprint density at radius 2 is 2.22 bits per heavy atom. The van der Waals surface area contributed by atoms with Crippen molar-refractivity contribution in [3.05, 3.63) is 64.8 Å². The van der Waals surface area contributed by atoms with Gasteiger partial charge in [0.2, 0.25) is 0 Å². The molecule has 27 heavy (non-hydrogen) atoms. The quantitative estimate of drug-likeness (QED) is 0.424. The number of aryl methyl sites for hydroxylation is 1. The van der Waals surface area contributed by atoms with Crippen LogP contribution in [-0.2, 0) is 20.8 Å². The number of rotatable bonds is 7. The molecule has 2 heterocycles. The summed E-state index contributed by atoms with van der Waals surface area (Å²) in [4.78, 5) is 17.8. The zero-order valence-corrected chi connectivity index (χ0v) is 16.0. The van der Waals surface area contributed by atoms with Crippen molar-refractivity contribution < 1.29 is 19.5 Å². The third kappa shape index (κ3) is 4.28. The number of aliphatic carboxylic acids is 1. The number of hydrogen-bond acceptors (Lipinski definition) is 5. The first-order chi connectivity index (χ1) is 13.1.